The molecular formula is C23H28N4O4S2. The molecule has 3 heterocycles. The fourth-order valence-electron chi connectivity index (χ4n) is 3.97. The van der Waals surface area contributed by atoms with E-state index in [4.69, 9.17) is 9.15 Å². The third kappa shape index (κ3) is 5.01. The van der Waals surface area contributed by atoms with Crippen LogP contribution in [0.25, 0.3) is 11.6 Å². The Morgan fingerprint density at radius 2 is 2.21 bits per heavy atom. The van der Waals surface area contributed by atoms with Crippen molar-refractivity contribution in [1.82, 2.24) is 14.8 Å². The first kappa shape index (κ1) is 23.6. The number of ether oxygens (including phenoxy) is 1. The molecule has 1 amide bonds. The predicted octanol–water partition coefficient (Wildman–Crippen LogP) is 5.21. The zero-order chi connectivity index (χ0) is 23.5. The van der Waals surface area contributed by atoms with E-state index in [-0.39, 0.29) is 23.7 Å². The molecule has 10 heteroatoms. The minimum Gasteiger partial charge on any atom is -0.462 e. The van der Waals surface area contributed by atoms with Gasteiger partial charge < -0.3 is 14.5 Å². The molecule has 0 saturated carbocycles. The van der Waals surface area contributed by atoms with Crippen molar-refractivity contribution in [2.24, 2.45) is 5.92 Å². The third-order valence-electron chi connectivity index (χ3n) is 5.50. The van der Waals surface area contributed by atoms with Gasteiger partial charge in [0.2, 0.25) is 11.7 Å². The summed E-state index contributed by atoms with van der Waals surface area (Å²) in [4.78, 5) is 26.7. The van der Waals surface area contributed by atoms with E-state index in [0.717, 1.165) is 24.8 Å². The lowest BCUT2D eigenvalue weighted by Gasteiger charge is -2.18. The molecule has 1 N–H and O–H groups in total. The standard InChI is InChI=1S/C23H28N4O4S2/c1-5-30-22(29)19-15-9-8-14(4)11-17(15)33-21(19)24-18(28)12-32-23-26-25-20(27(23)13(2)3)16-7-6-10-31-16/h6-7,10,13-14H,5,8-9,11-12H2,1-4H3,(H,24,28). The molecule has 1 unspecified atom stereocenters. The van der Waals surface area contributed by atoms with Gasteiger partial charge >= 0.3 is 5.97 Å². The summed E-state index contributed by atoms with van der Waals surface area (Å²) in [6.07, 6.45) is 4.38. The van der Waals surface area contributed by atoms with Crippen LogP contribution in [-0.4, -0.2) is 39.0 Å². The molecule has 0 aromatic carbocycles. The van der Waals surface area contributed by atoms with Crippen LogP contribution >= 0.6 is 23.1 Å². The molecule has 0 aliphatic heterocycles. The summed E-state index contributed by atoms with van der Waals surface area (Å²) in [5.41, 5.74) is 1.55. The summed E-state index contributed by atoms with van der Waals surface area (Å²) in [6, 6.07) is 3.73. The largest absolute Gasteiger partial charge is 0.462 e. The number of amides is 1. The minimum atomic E-state index is -0.366. The molecule has 33 heavy (non-hydrogen) atoms. The molecule has 0 radical (unpaired) electrons. The summed E-state index contributed by atoms with van der Waals surface area (Å²) in [5, 5.41) is 12.7. The van der Waals surface area contributed by atoms with E-state index in [0.29, 0.717) is 39.8 Å². The second-order valence-corrected chi connectivity index (χ2v) is 10.4. The summed E-state index contributed by atoms with van der Waals surface area (Å²) in [5.74, 6) is 1.40. The minimum absolute atomic E-state index is 0.0899. The maximum atomic E-state index is 12.9. The highest BCUT2D eigenvalue weighted by Gasteiger charge is 2.29. The molecule has 4 rings (SSSR count). The zero-order valence-corrected chi connectivity index (χ0v) is 20.8. The second kappa shape index (κ2) is 10.1. The quantitative estimate of drug-likeness (QED) is 0.343. The number of nitrogens with one attached hydrogen (secondary N) is 1. The van der Waals surface area contributed by atoms with Gasteiger partial charge in [-0.15, -0.1) is 21.5 Å². The Morgan fingerprint density at radius 3 is 2.91 bits per heavy atom. The van der Waals surface area contributed by atoms with Gasteiger partial charge in [0.15, 0.2) is 10.9 Å². The number of rotatable bonds is 8. The molecule has 1 atom stereocenters. The highest BCUT2D eigenvalue weighted by molar-refractivity contribution is 7.99. The van der Waals surface area contributed by atoms with E-state index in [9.17, 15) is 9.59 Å². The molecule has 0 spiro atoms. The lowest BCUT2D eigenvalue weighted by atomic mass is 9.88. The van der Waals surface area contributed by atoms with Gasteiger partial charge in [-0.05, 0) is 63.6 Å². The number of anilines is 1. The Labute approximate surface area is 201 Å². The summed E-state index contributed by atoms with van der Waals surface area (Å²) in [7, 11) is 0. The summed E-state index contributed by atoms with van der Waals surface area (Å²) < 4.78 is 12.7. The van der Waals surface area contributed by atoms with Crippen molar-refractivity contribution in [1.29, 1.82) is 0 Å². The number of hydrogen-bond acceptors (Lipinski definition) is 8. The Morgan fingerprint density at radius 1 is 1.39 bits per heavy atom. The fraction of sp³-hybridized carbons (Fsp3) is 0.478. The highest BCUT2D eigenvalue weighted by Crippen LogP contribution is 2.40. The average molecular weight is 489 g/mol. The SMILES string of the molecule is CCOC(=O)c1c(NC(=O)CSc2nnc(-c3ccco3)n2C(C)C)sc2c1CCC(C)C2. The van der Waals surface area contributed by atoms with Crippen LogP contribution in [0.2, 0.25) is 0 Å². The number of fused-ring (bicyclic) bond motifs is 1. The number of thioether (sulfide) groups is 1. The Hall–Kier alpha value is -2.59. The summed E-state index contributed by atoms with van der Waals surface area (Å²) >= 11 is 2.80. The van der Waals surface area contributed by atoms with Crippen LogP contribution in [0.3, 0.4) is 0 Å². The van der Waals surface area contributed by atoms with Gasteiger partial charge in [0.1, 0.15) is 5.00 Å². The van der Waals surface area contributed by atoms with Gasteiger partial charge in [-0.25, -0.2) is 4.79 Å². The topological polar surface area (TPSA) is 99.2 Å². The maximum absolute atomic E-state index is 12.9. The van der Waals surface area contributed by atoms with E-state index in [2.05, 4.69) is 22.4 Å². The van der Waals surface area contributed by atoms with Crippen LogP contribution in [0.15, 0.2) is 28.0 Å². The van der Waals surface area contributed by atoms with Crippen molar-refractivity contribution in [3.8, 4) is 11.6 Å². The van der Waals surface area contributed by atoms with Crippen LogP contribution in [0.4, 0.5) is 5.00 Å². The molecule has 1 aliphatic carbocycles. The van der Waals surface area contributed by atoms with Crippen molar-refractivity contribution >= 4 is 40.0 Å². The maximum Gasteiger partial charge on any atom is 0.341 e. The number of nitrogens with zero attached hydrogens (tertiary/aromatic N) is 3. The van der Waals surface area contributed by atoms with Crippen LogP contribution in [0.5, 0.6) is 0 Å². The fourth-order valence-corrected chi connectivity index (χ4v) is 6.25. The predicted molar refractivity (Wildman–Crippen MR) is 129 cm³/mol. The molecule has 0 fully saturated rings. The van der Waals surface area contributed by atoms with Crippen molar-refractivity contribution in [2.45, 2.75) is 58.2 Å². The number of aromatic nitrogens is 3. The molecule has 1 aliphatic rings. The van der Waals surface area contributed by atoms with Gasteiger partial charge in [0.25, 0.3) is 0 Å². The number of carbonyl (C=O) groups excluding carboxylic acids is 2. The smallest absolute Gasteiger partial charge is 0.341 e. The van der Waals surface area contributed by atoms with Crippen molar-refractivity contribution in [3.63, 3.8) is 0 Å². The van der Waals surface area contributed by atoms with Crippen molar-refractivity contribution in [2.75, 3.05) is 17.7 Å². The second-order valence-electron chi connectivity index (χ2n) is 8.36. The molecule has 3 aromatic heterocycles. The summed E-state index contributed by atoms with van der Waals surface area (Å²) in [6.45, 7) is 8.36. The molecule has 0 bridgehead atoms. The van der Waals surface area contributed by atoms with Crippen LogP contribution < -0.4 is 5.32 Å². The van der Waals surface area contributed by atoms with Crippen LogP contribution in [-0.2, 0) is 22.4 Å². The van der Waals surface area contributed by atoms with E-state index in [1.807, 2.05) is 24.5 Å². The van der Waals surface area contributed by atoms with Gasteiger partial charge in [0.05, 0.1) is 24.2 Å². The van der Waals surface area contributed by atoms with E-state index in [1.54, 1.807) is 19.3 Å². The molecule has 0 saturated heterocycles. The van der Waals surface area contributed by atoms with Crippen molar-refractivity contribution < 1.29 is 18.7 Å². The van der Waals surface area contributed by atoms with Crippen LogP contribution in [0.1, 0.15) is 61.0 Å². The normalized spacial score (nSPS) is 15.5. The van der Waals surface area contributed by atoms with Gasteiger partial charge in [-0.2, -0.15) is 0 Å². The number of esters is 1. The number of carbonyl (C=O) groups is 2. The average Bonchev–Trinajstić information content (AvgIpc) is 3.49. The van der Waals surface area contributed by atoms with E-state index < -0.39 is 0 Å². The first-order valence-electron chi connectivity index (χ1n) is 11.1. The Kier molecular flexibility index (Phi) is 7.23. The number of hydrogen-bond donors (Lipinski definition) is 1. The third-order valence-corrected chi connectivity index (χ3v) is 7.61. The highest BCUT2D eigenvalue weighted by atomic mass is 32.2. The number of furan rings is 1. The first-order chi connectivity index (χ1) is 15.9. The van der Waals surface area contributed by atoms with E-state index >= 15 is 0 Å². The monoisotopic (exact) mass is 488 g/mol. The van der Waals surface area contributed by atoms with Gasteiger partial charge in [-0.1, -0.05) is 18.7 Å². The van der Waals surface area contributed by atoms with E-state index in [1.165, 1.54) is 28.0 Å². The number of thiophene rings is 1. The van der Waals surface area contributed by atoms with Gasteiger partial charge in [0, 0.05) is 10.9 Å². The molecule has 176 valence electrons. The Balaban J connectivity index is 1.51. The lowest BCUT2D eigenvalue weighted by molar-refractivity contribution is -0.113. The van der Waals surface area contributed by atoms with Crippen molar-refractivity contribution in [3.05, 3.63) is 34.4 Å². The lowest BCUT2D eigenvalue weighted by Crippen LogP contribution is -2.18. The molecule has 8 nitrogen and oxygen atoms in total. The van der Waals surface area contributed by atoms with Crippen LogP contribution in [0, 0.1) is 5.92 Å². The molecule has 3 aromatic rings. The van der Waals surface area contributed by atoms with Gasteiger partial charge in [-0.3, -0.25) is 9.36 Å². The zero-order valence-electron chi connectivity index (χ0n) is 19.2. The molecular weight excluding hydrogens is 460 g/mol. The Bertz CT molecular complexity index is 1130. The first-order valence-corrected chi connectivity index (χ1v) is 12.9.